The van der Waals surface area contributed by atoms with Gasteiger partial charge in [-0.3, -0.25) is 0 Å². The molecule has 0 saturated carbocycles. The zero-order valence-electron chi connectivity index (χ0n) is 12.4. The summed E-state index contributed by atoms with van der Waals surface area (Å²) >= 11 is 0. The molecule has 1 fully saturated rings. The van der Waals surface area contributed by atoms with Gasteiger partial charge >= 0.3 is 0 Å². The van der Waals surface area contributed by atoms with Gasteiger partial charge in [0.2, 0.25) is 0 Å². The Bertz CT molecular complexity index is 502. The highest BCUT2D eigenvalue weighted by molar-refractivity contribution is 5.37. The average molecular weight is 265 g/mol. The van der Waals surface area contributed by atoms with Crippen LogP contribution in [0.1, 0.15) is 41.0 Å². The number of hydrogen-bond donors (Lipinski definition) is 1. The van der Waals surface area contributed by atoms with Crippen molar-refractivity contribution in [1.82, 2.24) is 5.32 Å². The molecule has 0 radical (unpaired) electrons. The fourth-order valence-electron chi connectivity index (χ4n) is 3.20. The Morgan fingerprint density at radius 3 is 1.75 bits per heavy atom. The molecule has 0 aliphatic carbocycles. The molecule has 20 heavy (non-hydrogen) atoms. The molecule has 1 atom stereocenters. The van der Waals surface area contributed by atoms with Gasteiger partial charge in [-0.15, -0.1) is 0 Å². The summed E-state index contributed by atoms with van der Waals surface area (Å²) in [6.45, 7) is 5.45. The van der Waals surface area contributed by atoms with Crippen LogP contribution >= 0.6 is 0 Å². The van der Waals surface area contributed by atoms with E-state index in [-0.39, 0.29) is 0 Å². The minimum Gasteiger partial charge on any atom is -0.313 e. The highest BCUT2D eigenvalue weighted by Gasteiger charge is 2.27. The monoisotopic (exact) mass is 265 g/mol. The first-order valence-corrected chi connectivity index (χ1v) is 7.60. The standard InChI is InChI=1S/C19H23N/c1-14-5-9-16(10-6-14)19(18-4-3-13-20-18)17-11-7-15(2)8-12-17/h5-12,18-20H,3-4,13H2,1-2H3/t18-/m1/s1. The largest absolute Gasteiger partial charge is 0.313 e. The molecule has 1 saturated heterocycles. The Hall–Kier alpha value is -1.60. The van der Waals surface area contributed by atoms with Gasteiger partial charge < -0.3 is 5.32 Å². The molecular weight excluding hydrogens is 242 g/mol. The summed E-state index contributed by atoms with van der Waals surface area (Å²) < 4.78 is 0. The molecule has 0 unspecified atom stereocenters. The summed E-state index contributed by atoms with van der Waals surface area (Å²) in [4.78, 5) is 0. The van der Waals surface area contributed by atoms with Crippen molar-refractivity contribution in [3.05, 3.63) is 70.8 Å². The third kappa shape index (κ3) is 2.78. The van der Waals surface area contributed by atoms with Crippen LogP contribution in [0.15, 0.2) is 48.5 Å². The second-order valence-electron chi connectivity index (χ2n) is 6.00. The molecule has 1 heterocycles. The highest BCUT2D eigenvalue weighted by atomic mass is 14.9. The maximum atomic E-state index is 3.68. The molecule has 3 rings (SSSR count). The lowest BCUT2D eigenvalue weighted by atomic mass is 9.84. The van der Waals surface area contributed by atoms with Crippen molar-refractivity contribution in [3.63, 3.8) is 0 Å². The summed E-state index contributed by atoms with van der Waals surface area (Å²) in [6.07, 6.45) is 2.56. The second kappa shape index (κ2) is 5.80. The van der Waals surface area contributed by atoms with Crippen LogP contribution in [-0.4, -0.2) is 12.6 Å². The molecule has 1 aliphatic heterocycles. The first kappa shape index (κ1) is 13.4. The van der Waals surface area contributed by atoms with E-state index in [1.165, 1.54) is 35.1 Å². The SMILES string of the molecule is Cc1ccc(C(c2ccc(C)cc2)[C@H]2CCCN2)cc1. The quantitative estimate of drug-likeness (QED) is 0.877. The van der Waals surface area contributed by atoms with Gasteiger partial charge in [0.1, 0.15) is 0 Å². The van der Waals surface area contributed by atoms with Crippen molar-refractivity contribution < 1.29 is 0 Å². The van der Waals surface area contributed by atoms with Crippen LogP contribution in [0.25, 0.3) is 0 Å². The van der Waals surface area contributed by atoms with Crippen molar-refractivity contribution in [2.24, 2.45) is 0 Å². The van der Waals surface area contributed by atoms with Gasteiger partial charge in [-0.25, -0.2) is 0 Å². The molecule has 1 heteroatoms. The molecule has 2 aromatic carbocycles. The highest BCUT2D eigenvalue weighted by Crippen LogP contribution is 2.32. The normalized spacial score (nSPS) is 18.6. The molecule has 0 aromatic heterocycles. The van der Waals surface area contributed by atoms with Gasteiger partial charge in [-0.2, -0.15) is 0 Å². The molecule has 0 spiro atoms. The zero-order valence-corrected chi connectivity index (χ0v) is 12.4. The Kier molecular flexibility index (Phi) is 3.88. The molecule has 2 aromatic rings. The van der Waals surface area contributed by atoms with Crippen LogP contribution in [0, 0.1) is 13.8 Å². The van der Waals surface area contributed by atoms with E-state index < -0.39 is 0 Å². The van der Waals surface area contributed by atoms with Gasteiger partial charge in [0.25, 0.3) is 0 Å². The van der Waals surface area contributed by atoms with Gasteiger partial charge in [-0.05, 0) is 44.4 Å². The maximum Gasteiger partial charge on any atom is 0.0243 e. The molecular formula is C19H23N. The lowest BCUT2D eigenvalue weighted by Gasteiger charge is -2.25. The fraction of sp³-hybridized carbons (Fsp3) is 0.368. The van der Waals surface area contributed by atoms with Crippen LogP contribution in [0.4, 0.5) is 0 Å². The van der Waals surface area contributed by atoms with Crippen LogP contribution in [0.2, 0.25) is 0 Å². The molecule has 1 aliphatic rings. The topological polar surface area (TPSA) is 12.0 Å². The Balaban J connectivity index is 1.98. The van der Waals surface area contributed by atoms with Crippen molar-refractivity contribution in [1.29, 1.82) is 0 Å². The van der Waals surface area contributed by atoms with E-state index in [4.69, 9.17) is 0 Å². The Morgan fingerprint density at radius 2 is 1.35 bits per heavy atom. The molecule has 0 bridgehead atoms. The summed E-state index contributed by atoms with van der Waals surface area (Å²) in [5.41, 5.74) is 5.52. The van der Waals surface area contributed by atoms with E-state index in [9.17, 15) is 0 Å². The third-order valence-electron chi connectivity index (χ3n) is 4.37. The van der Waals surface area contributed by atoms with E-state index in [0.29, 0.717) is 12.0 Å². The van der Waals surface area contributed by atoms with Crippen LogP contribution < -0.4 is 5.32 Å². The summed E-state index contributed by atoms with van der Waals surface area (Å²) in [7, 11) is 0. The van der Waals surface area contributed by atoms with E-state index in [2.05, 4.69) is 67.7 Å². The molecule has 104 valence electrons. The maximum absolute atomic E-state index is 3.68. The Labute approximate surface area is 122 Å². The van der Waals surface area contributed by atoms with Crippen LogP contribution in [-0.2, 0) is 0 Å². The lowest BCUT2D eigenvalue weighted by Crippen LogP contribution is -2.29. The third-order valence-corrected chi connectivity index (χ3v) is 4.37. The number of benzene rings is 2. The molecule has 1 N–H and O–H groups in total. The number of rotatable bonds is 3. The number of nitrogens with one attached hydrogen (secondary N) is 1. The van der Waals surface area contributed by atoms with E-state index in [1.54, 1.807) is 0 Å². The molecule has 0 amide bonds. The predicted molar refractivity (Wildman–Crippen MR) is 85.2 cm³/mol. The second-order valence-corrected chi connectivity index (χ2v) is 6.00. The van der Waals surface area contributed by atoms with E-state index in [0.717, 1.165) is 6.54 Å². The smallest absolute Gasteiger partial charge is 0.0243 e. The summed E-state index contributed by atoms with van der Waals surface area (Å²) in [5.74, 6) is 0.471. The van der Waals surface area contributed by atoms with Crippen molar-refractivity contribution in [3.8, 4) is 0 Å². The van der Waals surface area contributed by atoms with Gasteiger partial charge in [0, 0.05) is 12.0 Å². The van der Waals surface area contributed by atoms with E-state index in [1.807, 2.05) is 0 Å². The summed E-state index contributed by atoms with van der Waals surface area (Å²) in [6, 6.07) is 18.6. The lowest BCUT2D eigenvalue weighted by molar-refractivity contribution is 0.540. The first-order valence-electron chi connectivity index (χ1n) is 7.60. The van der Waals surface area contributed by atoms with Gasteiger partial charge in [0.05, 0.1) is 0 Å². The predicted octanol–water partition coefficient (Wildman–Crippen LogP) is 4.19. The average Bonchev–Trinajstić information content (AvgIpc) is 2.97. The minimum atomic E-state index is 0.471. The minimum absolute atomic E-state index is 0.471. The number of aryl methyl sites for hydroxylation is 2. The zero-order chi connectivity index (χ0) is 13.9. The summed E-state index contributed by atoms with van der Waals surface area (Å²) in [5, 5.41) is 3.68. The first-order chi connectivity index (χ1) is 9.74. The Morgan fingerprint density at radius 1 is 0.850 bits per heavy atom. The van der Waals surface area contributed by atoms with E-state index >= 15 is 0 Å². The van der Waals surface area contributed by atoms with Crippen molar-refractivity contribution in [2.75, 3.05) is 6.54 Å². The number of hydrogen-bond acceptors (Lipinski definition) is 1. The van der Waals surface area contributed by atoms with Crippen molar-refractivity contribution >= 4 is 0 Å². The van der Waals surface area contributed by atoms with Crippen LogP contribution in [0.3, 0.4) is 0 Å². The van der Waals surface area contributed by atoms with Crippen molar-refractivity contribution in [2.45, 2.75) is 38.6 Å². The molecule has 1 nitrogen and oxygen atoms in total. The van der Waals surface area contributed by atoms with Gasteiger partial charge in [0.15, 0.2) is 0 Å². The fourth-order valence-corrected chi connectivity index (χ4v) is 3.20. The van der Waals surface area contributed by atoms with Gasteiger partial charge in [-0.1, -0.05) is 59.7 Å². The van der Waals surface area contributed by atoms with Crippen LogP contribution in [0.5, 0.6) is 0 Å².